The SMILES string of the molecule is CC1CCNC(C(=O)N(C)Cc2ccc(F)cc2F)C1. The first-order valence-corrected chi connectivity index (χ1v) is 6.89. The number of rotatable bonds is 3. The molecule has 0 spiro atoms. The van der Waals surface area contributed by atoms with Gasteiger partial charge in [0.25, 0.3) is 0 Å². The number of likely N-dealkylation sites (N-methyl/N-ethyl adjacent to an activating group) is 1. The summed E-state index contributed by atoms with van der Waals surface area (Å²) in [5.74, 6) is -0.751. The second kappa shape index (κ2) is 6.31. The van der Waals surface area contributed by atoms with Gasteiger partial charge in [0.15, 0.2) is 0 Å². The maximum atomic E-state index is 13.6. The minimum Gasteiger partial charge on any atom is -0.340 e. The molecule has 1 N–H and O–H groups in total. The first kappa shape index (κ1) is 14.9. The molecule has 0 aliphatic carbocycles. The van der Waals surface area contributed by atoms with Gasteiger partial charge in [0.1, 0.15) is 11.6 Å². The molecule has 110 valence electrons. The Bertz CT molecular complexity index is 493. The monoisotopic (exact) mass is 282 g/mol. The Morgan fingerprint density at radius 2 is 2.20 bits per heavy atom. The molecular formula is C15H20F2N2O. The zero-order valence-electron chi connectivity index (χ0n) is 11.8. The van der Waals surface area contributed by atoms with Gasteiger partial charge in [-0.3, -0.25) is 4.79 Å². The van der Waals surface area contributed by atoms with Crippen molar-refractivity contribution in [3.8, 4) is 0 Å². The lowest BCUT2D eigenvalue weighted by Gasteiger charge is -2.30. The van der Waals surface area contributed by atoms with E-state index in [0.717, 1.165) is 25.5 Å². The summed E-state index contributed by atoms with van der Waals surface area (Å²) in [4.78, 5) is 13.8. The van der Waals surface area contributed by atoms with Crippen LogP contribution in [0.3, 0.4) is 0 Å². The predicted molar refractivity (Wildman–Crippen MR) is 73.0 cm³/mol. The summed E-state index contributed by atoms with van der Waals surface area (Å²) in [7, 11) is 1.64. The summed E-state index contributed by atoms with van der Waals surface area (Å²) in [6.45, 7) is 3.11. The van der Waals surface area contributed by atoms with Gasteiger partial charge in [-0.15, -0.1) is 0 Å². The third-order valence-electron chi connectivity index (χ3n) is 3.76. The van der Waals surface area contributed by atoms with Crippen molar-refractivity contribution in [1.82, 2.24) is 10.2 Å². The Morgan fingerprint density at radius 3 is 2.85 bits per heavy atom. The van der Waals surface area contributed by atoms with E-state index in [0.29, 0.717) is 11.5 Å². The number of hydrogen-bond donors (Lipinski definition) is 1. The molecule has 3 nitrogen and oxygen atoms in total. The van der Waals surface area contributed by atoms with Crippen LogP contribution in [-0.2, 0) is 11.3 Å². The summed E-state index contributed by atoms with van der Waals surface area (Å²) < 4.78 is 26.4. The average Bonchev–Trinajstić information content (AvgIpc) is 2.41. The van der Waals surface area contributed by atoms with Gasteiger partial charge in [-0.1, -0.05) is 13.0 Å². The fourth-order valence-corrected chi connectivity index (χ4v) is 2.55. The Balaban J connectivity index is 2.00. The molecule has 0 radical (unpaired) electrons. The molecule has 1 saturated heterocycles. The van der Waals surface area contributed by atoms with Crippen LogP contribution in [0.5, 0.6) is 0 Å². The molecule has 1 aromatic carbocycles. The lowest BCUT2D eigenvalue weighted by molar-refractivity contribution is -0.133. The summed E-state index contributed by atoms with van der Waals surface area (Å²) in [5, 5.41) is 3.19. The van der Waals surface area contributed by atoms with Crippen molar-refractivity contribution in [2.24, 2.45) is 5.92 Å². The van der Waals surface area contributed by atoms with Gasteiger partial charge in [-0.2, -0.15) is 0 Å². The molecule has 0 bridgehead atoms. The number of carbonyl (C=O) groups excluding carboxylic acids is 1. The smallest absolute Gasteiger partial charge is 0.239 e. The van der Waals surface area contributed by atoms with E-state index >= 15 is 0 Å². The van der Waals surface area contributed by atoms with Crippen molar-refractivity contribution in [3.63, 3.8) is 0 Å². The Kier molecular flexibility index (Phi) is 4.70. The zero-order chi connectivity index (χ0) is 14.7. The highest BCUT2D eigenvalue weighted by Gasteiger charge is 2.27. The molecular weight excluding hydrogens is 262 g/mol. The van der Waals surface area contributed by atoms with Crippen LogP contribution in [0.15, 0.2) is 18.2 Å². The summed E-state index contributed by atoms with van der Waals surface area (Å²) >= 11 is 0. The number of benzene rings is 1. The minimum absolute atomic E-state index is 0.0414. The number of halogens is 2. The van der Waals surface area contributed by atoms with Crippen LogP contribution in [0.1, 0.15) is 25.3 Å². The Morgan fingerprint density at radius 1 is 1.45 bits per heavy atom. The molecule has 20 heavy (non-hydrogen) atoms. The highest BCUT2D eigenvalue weighted by molar-refractivity contribution is 5.81. The predicted octanol–water partition coefficient (Wildman–Crippen LogP) is 2.31. The van der Waals surface area contributed by atoms with Crippen LogP contribution >= 0.6 is 0 Å². The molecule has 1 heterocycles. The van der Waals surface area contributed by atoms with Crippen LogP contribution in [-0.4, -0.2) is 30.4 Å². The summed E-state index contributed by atoms with van der Waals surface area (Å²) in [6.07, 6.45) is 1.87. The number of piperidine rings is 1. The fraction of sp³-hybridized carbons (Fsp3) is 0.533. The highest BCUT2D eigenvalue weighted by atomic mass is 19.1. The maximum absolute atomic E-state index is 13.6. The summed E-state index contributed by atoms with van der Waals surface area (Å²) in [5.41, 5.74) is 0.325. The van der Waals surface area contributed by atoms with E-state index in [1.165, 1.54) is 17.0 Å². The molecule has 2 rings (SSSR count). The van der Waals surface area contributed by atoms with E-state index in [1.54, 1.807) is 7.05 Å². The molecule has 5 heteroatoms. The van der Waals surface area contributed by atoms with E-state index < -0.39 is 11.6 Å². The topological polar surface area (TPSA) is 32.3 Å². The second-order valence-electron chi connectivity index (χ2n) is 5.57. The molecule has 1 aliphatic rings. The zero-order valence-corrected chi connectivity index (χ0v) is 11.8. The number of amides is 1. The maximum Gasteiger partial charge on any atom is 0.239 e. The molecule has 2 atom stereocenters. The van der Waals surface area contributed by atoms with Crippen LogP contribution in [0.4, 0.5) is 8.78 Å². The second-order valence-corrected chi connectivity index (χ2v) is 5.57. The van der Waals surface area contributed by atoms with Gasteiger partial charge in [0.05, 0.1) is 6.04 Å². The minimum atomic E-state index is -0.616. The van der Waals surface area contributed by atoms with Crippen molar-refractivity contribution < 1.29 is 13.6 Å². The van der Waals surface area contributed by atoms with Gasteiger partial charge in [0, 0.05) is 25.2 Å². The van der Waals surface area contributed by atoms with Crippen molar-refractivity contribution in [1.29, 1.82) is 0 Å². The van der Waals surface area contributed by atoms with E-state index in [-0.39, 0.29) is 18.5 Å². The quantitative estimate of drug-likeness (QED) is 0.922. The molecule has 2 unspecified atom stereocenters. The van der Waals surface area contributed by atoms with Crippen LogP contribution in [0.2, 0.25) is 0 Å². The van der Waals surface area contributed by atoms with Crippen LogP contribution in [0.25, 0.3) is 0 Å². The molecule has 0 saturated carbocycles. The molecule has 1 amide bonds. The first-order valence-electron chi connectivity index (χ1n) is 6.89. The normalized spacial score (nSPS) is 22.6. The van der Waals surface area contributed by atoms with Gasteiger partial charge >= 0.3 is 0 Å². The van der Waals surface area contributed by atoms with E-state index in [4.69, 9.17) is 0 Å². The largest absolute Gasteiger partial charge is 0.340 e. The third kappa shape index (κ3) is 3.54. The van der Waals surface area contributed by atoms with Crippen LogP contribution in [0, 0.1) is 17.6 Å². The van der Waals surface area contributed by atoms with E-state index in [9.17, 15) is 13.6 Å². The molecule has 1 aliphatic heterocycles. The Labute approximate surface area is 118 Å². The summed E-state index contributed by atoms with van der Waals surface area (Å²) in [6, 6.07) is 3.23. The van der Waals surface area contributed by atoms with Gasteiger partial charge in [-0.05, 0) is 31.4 Å². The first-order chi connectivity index (χ1) is 9.47. The fourth-order valence-electron chi connectivity index (χ4n) is 2.55. The number of nitrogens with zero attached hydrogens (tertiary/aromatic N) is 1. The van der Waals surface area contributed by atoms with Crippen molar-refractivity contribution in [3.05, 3.63) is 35.4 Å². The van der Waals surface area contributed by atoms with Gasteiger partial charge in [-0.25, -0.2) is 8.78 Å². The highest BCUT2D eigenvalue weighted by Crippen LogP contribution is 2.18. The molecule has 0 aromatic heterocycles. The van der Waals surface area contributed by atoms with E-state index in [1.807, 2.05) is 0 Å². The van der Waals surface area contributed by atoms with Gasteiger partial charge < -0.3 is 10.2 Å². The number of carbonyl (C=O) groups is 1. The van der Waals surface area contributed by atoms with Crippen molar-refractivity contribution >= 4 is 5.91 Å². The van der Waals surface area contributed by atoms with Crippen LogP contribution < -0.4 is 5.32 Å². The average molecular weight is 282 g/mol. The molecule has 1 aromatic rings. The molecule has 1 fully saturated rings. The van der Waals surface area contributed by atoms with E-state index in [2.05, 4.69) is 12.2 Å². The van der Waals surface area contributed by atoms with Crippen molar-refractivity contribution in [2.45, 2.75) is 32.4 Å². The van der Waals surface area contributed by atoms with Crippen molar-refractivity contribution in [2.75, 3.05) is 13.6 Å². The lowest BCUT2D eigenvalue weighted by atomic mass is 9.93. The lowest BCUT2D eigenvalue weighted by Crippen LogP contribution is -2.48. The Hall–Kier alpha value is -1.49. The standard InChI is InChI=1S/C15H20F2N2O/c1-10-5-6-18-14(7-10)15(20)19(2)9-11-3-4-12(16)8-13(11)17/h3-4,8,10,14,18H,5-7,9H2,1-2H3. The third-order valence-corrected chi connectivity index (χ3v) is 3.76. The van der Waals surface area contributed by atoms with Gasteiger partial charge in [0.2, 0.25) is 5.91 Å². The number of nitrogens with one attached hydrogen (secondary N) is 1. The number of hydrogen-bond acceptors (Lipinski definition) is 2.